The standard InChI is InChI=1S/C10H14N2O2/c1-2-3-9(13)11-6-8-4-5-10(14)12-7-8/h4-5,7H,2-3,6H2,1H3,(H,11,13)(H,12,14). The second kappa shape index (κ2) is 5.21. The third-order valence-corrected chi connectivity index (χ3v) is 1.78. The minimum atomic E-state index is -0.00589. The first-order valence-electron chi connectivity index (χ1n) is 4.63. The van der Waals surface area contributed by atoms with E-state index in [1.54, 1.807) is 12.3 Å². The fraction of sp³-hybridized carbons (Fsp3) is 0.400. The molecule has 1 rings (SSSR count). The second-order valence-electron chi connectivity index (χ2n) is 3.05. The average Bonchev–Trinajstić information content (AvgIpc) is 2.17. The number of hydrogen-bond acceptors (Lipinski definition) is 3. The molecular formula is C10H14N2O2. The molecule has 1 amide bonds. The molecule has 76 valence electrons. The van der Waals surface area contributed by atoms with Gasteiger partial charge < -0.3 is 10.4 Å². The van der Waals surface area contributed by atoms with Gasteiger partial charge in [-0.15, -0.1) is 0 Å². The molecule has 1 aromatic heterocycles. The smallest absolute Gasteiger partial charge is 0.220 e. The highest BCUT2D eigenvalue weighted by Crippen LogP contribution is 2.04. The van der Waals surface area contributed by atoms with E-state index in [9.17, 15) is 4.79 Å². The molecule has 2 N–H and O–H groups in total. The normalized spacial score (nSPS) is 9.79. The number of carbonyl (C=O) groups excluding carboxylic acids is 1. The first-order valence-corrected chi connectivity index (χ1v) is 4.63. The molecule has 0 saturated heterocycles. The number of amides is 1. The number of nitrogens with zero attached hydrogens (tertiary/aromatic N) is 1. The summed E-state index contributed by atoms with van der Waals surface area (Å²) in [7, 11) is 0. The number of hydrogen-bond donors (Lipinski definition) is 2. The largest absolute Gasteiger partial charge is 0.493 e. The summed E-state index contributed by atoms with van der Waals surface area (Å²) in [6.07, 6.45) is 2.94. The van der Waals surface area contributed by atoms with Gasteiger partial charge in [-0.25, -0.2) is 4.98 Å². The number of nitrogens with one attached hydrogen (secondary N) is 1. The molecule has 1 aromatic rings. The molecule has 4 nitrogen and oxygen atoms in total. The highest BCUT2D eigenvalue weighted by atomic mass is 16.3. The first kappa shape index (κ1) is 10.5. The van der Waals surface area contributed by atoms with E-state index in [0.29, 0.717) is 13.0 Å². The third-order valence-electron chi connectivity index (χ3n) is 1.78. The molecule has 0 saturated carbocycles. The quantitative estimate of drug-likeness (QED) is 0.757. The van der Waals surface area contributed by atoms with E-state index in [1.807, 2.05) is 6.92 Å². The van der Waals surface area contributed by atoms with Crippen LogP contribution in [0.5, 0.6) is 5.88 Å². The Morgan fingerprint density at radius 3 is 2.93 bits per heavy atom. The Hall–Kier alpha value is -1.58. The lowest BCUT2D eigenvalue weighted by atomic mass is 10.2. The maximum atomic E-state index is 11.1. The summed E-state index contributed by atoms with van der Waals surface area (Å²) in [4.78, 5) is 14.8. The molecular weight excluding hydrogens is 180 g/mol. The van der Waals surface area contributed by atoms with Crippen molar-refractivity contribution in [3.8, 4) is 5.88 Å². The summed E-state index contributed by atoms with van der Waals surface area (Å²) in [5, 5.41) is 11.7. The zero-order valence-electron chi connectivity index (χ0n) is 8.16. The molecule has 0 aliphatic rings. The van der Waals surface area contributed by atoms with E-state index in [0.717, 1.165) is 12.0 Å². The van der Waals surface area contributed by atoms with Gasteiger partial charge in [0.2, 0.25) is 11.8 Å². The Labute approximate surface area is 83.0 Å². The first-order chi connectivity index (χ1) is 6.72. The molecule has 0 aliphatic heterocycles. The highest BCUT2D eigenvalue weighted by Gasteiger charge is 1.99. The van der Waals surface area contributed by atoms with Crippen LogP contribution in [0, 0.1) is 0 Å². The number of aromatic hydroxyl groups is 1. The lowest BCUT2D eigenvalue weighted by Gasteiger charge is -2.03. The molecule has 14 heavy (non-hydrogen) atoms. The number of carbonyl (C=O) groups is 1. The Kier molecular flexibility index (Phi) is 3.91. The molecule has 4 heteroatoms. The summed E-state index contributed by atoms with van der Waals surface area (Å²) in [6, 6.07) is 3.23. The molecule has 0 aliphatic carbocycles. The topological polar surface area (TPSA) is 62.2 Å². The average molecular weight is 194 g/mol. The maximum absolute atomic E-state index is 11.1. The van der Waals surface area contributed by atoms with Crippen molar-refractivity contribution in [2.75, 3.05) is 0 Å². The minimum Gasteiger partial charge on any atom is -0.493 e. The number of rotatable bonds is 4. The van der Waals surface area contributed by atoms with Crippen molar-refractivity contribution in [1.29, 1.82) is 0 Å². The molecule has 0 atom stereocenters. The monoisotopic (exact) mass is 194 g/mol. The summed E-state index contributed by atoms with van der Waals surface area (Å²) < 4.78 is 0. The van der Waals surface area contributed by atoms with Crippen LogP contribution in [0.25, 0.3) is 0 Å². The van der Waals surface area contributed by atoms with Crippen LogP contribution >= 0.6 is 0 Å². The van der Waals surface area contributed by atoms with E-state index in [1.165, 1.54) is 6.07 Å². The van der Waals surface area contributed by atoms with E-state index in [-0.39, 0.29) is 11.8 Å². The van der Waals surface area contributed by atoms with Gasteiger partial charge in [0.1, 0.15) is 0 Å². The van der Waals surface area contributed by atoms with Crippen LogP contribution in [0.1, 0.15) is 25.3 Å². The summed E-state index contributed by atoms with van der Waals surface area (Å²) in [6.45, 7) is 2.42. The van der Waals surface area contributed by atoms with Crippen molar-refractivity contribution in [3.63, 3.8) is 0 Å². The molecule has 1 heterocycles. The van der Waals surface area contributed by atoms with Crippen LogP contribution in [0.4, 0.5) is 0 Å². The van der Waals surface area contributed by atoms with Gasteiger partial charge in [0, 0.05) is 25.2 Å². The fourth-order valence-corrected chi connectivity index (χ4v) is 1.04. The van der Waals surface area contributed by atoms with Gasteiger partial charge in [0.15, 0.2) is 0 Å². The minimum absolute atomic E-state index is 0.00589. The summed E-state index contributed by atoms with van der Waals surface area (Å²) in [5.41, 5.74) is 0.882. The molecule has 0 unspecified atom stereocenters. The van der Waals surface area contributed by atoms with Crippen molar-refractivity contribution in [3.05, 3.63) is 23.9 Å². The molecule has 0 spiro atoms. The number of pyridine rings is 1. The lowest BCUT2D eigenvalue weighted by Crippen LogP contribution is -2.22. The SMILES string of the molecule is CCCC(=O)NCc1ccc(O)nc1. The van der Waals surface area contributed by atoms with Crippen molar-refractivity contribution < 1.29 is 9.90 Å². The van der Waals surface area contributed by atoms with Crippen LogP contribution in [0.15, 0.2) is 18.3 Å². The zero-order valence-corrected chi connectivity index (χ0v) is 8.16. The summed E-state index contributed by atoms with van der Waals surface area (Å²) in [5.74, 6) is 0.0363. The van der Waals surface area contributed by atoms with Crippen molar-refractivity contribution in [2.45, 2.75) is 26.3 Å². The molecule has 0 aromatic carbocycles. The van der Waals surface area contributed by atoms with Crippen molar-refractivity contribution in [1.82, 2.24) is 10.3 Å². The van der Waals surface area contributed by atoms with Crippen molar-refractivity contribution >= 4 is 5.91 Å². The third kappa shape index (κ3) is 3.43. The lowest BCUT2D eigenvalue weighted by molar-refractivity contribution is -0.121. The van der Waals surface area contributed by atoms with Gasteiger partial charge in [-0.1, -0.05) is 13.0 Å². The van der Waals surface area contributed by atoms with E-state index < -0.39 is 0 Å². The predicted molar refractivity (Wildman–Crippen MR) is 52.7 cm³/mol. The van der Waals surface area contributed by atoms with Crippen LogP contribution in [0.3, 0.4) is 0 Å². The van der Waals surface area contributed by atoms with Gasteiger partial charge in [-0.2, -0.15) is 0 Å². The van der Waals surface area contributed by atoms with Crippen LogP contribution in [-0.2, 0) is 11.3 Å². The Balaban J connectivity index is 2.38. The summed E-state index contributed by atoms with van der Waals surface area (Å²) >= 11 is 0. The number of aromatic nitrogens is 1. The second-order valence-corrected chi connectivity index (χ2v) is 3.05. The van der Waals surface area contributed by atoms with Crippen LogP contribution in [-0.4, -0.2) is 16.0 Å². The Morgan fingerprint density at radius 2 is 2.36 bits per heavy atom. The zero-order chi connectivity index (χ0) is 10.4. The molecule has 0 fully saturated rings. The fourth-order valence-electron chi connectivity index (χ4n) is 1.04. The van der Waals surface area contributed by atoms with Gasteiger partial charge in [0.25, 0.3) is 0 Å². The maximum Gasteiger partial charge on any atom is 0.220 e. The van der Waals surface area contributed by atoms with E-state index in [4.69, 9.17) is 5.11 Å². The highest BCUT2D eigenvalue weighted by molar-refractivity contribution is 5.75. The van der Waals surface area contributed by atoms with Gasteiger partial charge in [0.05, 0.1) is 0 Å². The Morgan fingerprint density at radius 1 is 1.57 bits per heavy atom. The van der Waals surface area contributed by atoms with Gasteiger partial charge in [-0.05, 0) is 12.0 Å². The van der Waals surface area contributed by atoms with E-state index in [2.05, 4.69) is 10.3 Å². The molecule has 0 bridgehead atoms. The van der Waals surface area contributed by atoms with Crippen LogP contribution < -0.4 is 5.32 Å². The van der Waals surface area contributed by atoms with Gasteiger partial charge >= 0.3 is 0 Å². The van der Waals surface area contributed by atoms with Gasteiger partial charge in [-0.3, -0.25) is 4.79 Å². The Bertz CT molecular complexity index is 295. The van der Waals surface area contributed by atoms with Crippen LogP contribution in [0.2, 0.25) is 0 Å². The van der Waals surface area contributed by atoms with E-state index >= 15 is 0 Å². The van der Waals surface area contributed by atoms with Crippen molar-refractivity contribution in [2.24, 2.45) is 0 Å². The molecule has 0 radical (unpaired) electrons. The predicted octanol–water partition coefficient (Wildman–Crippen LogP) is 1.20.